The van der Waals surface area contributed by atoms with Crippen molar-refractivity contribution in [3.05, 3.63) is 77.2 Å². The summed E-state index contributed by atoms with van der Waals surface area (Å²) in [4.78, 5) is 34.3. The zero-order chi connectivity index (χ0) is 25.9. The fourth-order valence-electron chi connectivity index (χ4n) is 5.59. The lowest BCUT2D eigenvalue weighted by Crippen LogP contribution is -2.39. The number of hydrogen-bond acceptors (Lipinski definition) is 6. The van der Waals surface area contributed by atoms with Gasteiger partial charge in [-0.2, -0.15) is 5.10 Å². The number of likely N-dealkylation sites (N-methyl/N-ethyl adjacent to an activating group) is 1. The van der Waals surface area contributed by atoms with E-state index in [9.17, 15) is 9.59 Å². The topological polar surface area (TPSA) is 123 Å². The molecule has 6 rings (SSSR count). The van der Waals surface area contributed by atoms with E-state index in [1.165, 1.54) is 23.1 Å². The minimum absolute atomic E-state index is 0.122. The van der Waals surface area contributed by atoms with Crippen molar-refractivity contribution in [3.63, 3.8) is 0 Å². The van der Waals surface area contributed by atoms with E-state index in [-0.39, 0.29) is 17.0 Å². The van der Waals surface area contributed by atoms with Crippen LogP contribution in [-0.2, 0) is 11.8 Å². The Morgan fingerprint density at radius 2 is 1.81 bits per heavy atom. The number of rotatable bonds is 6. The highest BCUT2D eigenvalue weighted by atomic mass is 16.2. The van der Waals surface area contributed by atoms with Crippen molar-refractivity contribution in [1.29, 1.82) is 0 Å². The molecule has 2 aromatic heterocycles. The highest BCUT2D eigenvalue weighted by molar-refractivity contribution is 6.09. The summed E-state index contributed by atoms with van der Waals surface area (Å²) in [6, 6.07) is 15.8. The van der Waals surface area contributed by atoms with E-state index in [1.54, 1.807) is 11.1 Å². The van der Waals surface area contributed by atoms with Crippen LogP contribution in [0.4, 0.5) is 11.5 Å². The fourth-order valence-corrected chi connectivity index (χ4v) is 5.59. The lowest BCUT2D eigenvalue weighted by molar-refractivity contribution is 0.0972. The summed E-state index contributed by atoms with van der Waals surface area (Å²) in [5, 5.41) is 6.15. The van der Waals surface area contributed by atoms with E-state index in [0.29, 0.717) is 35.7 Å². The maximum atomic E-state index is 13.9. The van der Waals surface area contributed by atoms with Crippen molar-refractivity contribution in [3.8, 4) is 5.69 Å². The van der Waals surface area contributed by atoms with Gasteiger partial charge in [0.2, 0.25) is 0 Å². The minimum Gasteiger partial charge on any atom is -0.383 e. The van der Waals surface area contributed by atoms with E-state index in [2.05, 4.69) is 41.2 Å². The highest BCUT2D eigenvalue weighted by Crippen LogP contribution is 2.48. The van der Waals surface area contributed by atoms with Gasteiger partial charge in [0, 0.05) is 41.3 Å². The van der Waals surface area contributed by atoms with Crippen LogP contribution in [0.15, 0.2) is 54.7 Å². The molecule has 2 amide bonds. The molecule has 4 N–H and O–H groups in total. The molecule has 37 heavy (non-hydrogen) atoms. The van der Waals surface area contributed by atoms with Gasteiger partial charge in [-0.1, -0.05) is 18.2 Å². The van der Waals surface area contributed by atoms with Crippen molar-refractivity contribution in [2.75, 3.05) is 37.8 Å². The number of amides is 2. The van der Waals surface area contributed by atoms with E-state index in [4.69, 9.17) is 11.5 Å². The van der Waals surface area contributed by atoms with Crippen LogP contribution in [0.1, 0.15) is 44.9 Å². The summed E-state index contributed by atoms with van der Waals surface area (Å²) in [7, 11) is 4.20. The zero-order valence-electron chi connectivity index (χ0n) is 20.9. The maximum Gasteiger partial charge on any atom is 0.277 e. The number of nitrogen functional groups attached to an aromatic ring is 1. The molecule has 2 aliphatic rings. The Morgan fingerprint density at radius 1 is 1.08 bits per heavy atom. The smallest absolute Gasteiger partial charge is 0.277 e. The van der Waals surface area contributed by atoms with Crippen LogP contribution < -0.4 is 16.4 Å². The first-order valence-corrected chi connectivity index (χ1v) is 12.4. The van der Waals surface area contributed by atoms with Crippen LogP contribution in [0.25, 0.3) is 16.5 Å². The van der Waals surface area contributed by atoms with E-state index in [1.807, 2.05) is 36.4 Å². The normalized spacial score (nSPS) is 16.3. The van der Waals surface area contributed by atoms with Gasteiger partial charge in [0.05, 0.1) is 5.69 Å². The fraction of sp³-hybridized carbons (Fsp3) is 0.286. The first-order valence-electron chi connectivity index (χ1n) is 12.4. The van der Waals surface area contributed by atoms with Crippen molar-refractivity contribution < 1.29 is 9.59 Å². The summed E-state index contributed by atoms with van der Waals surface area (Å²) in [6.07, 6.45) is 4.48. The van der Waals surface area contributed by atoms with E-state index < -0.39 is 5.91 Å². The van der Waals surface area contributed by atoms with Crippen LogP contribution >= 0.6 is 0 Å². The predicted molar refractivity (Wildman–Crippen MR) is 143 cm³/mol. The number of carbonyl (C=O) groups is 2. The van der Waals surface area contributed by atoms with Gasteiger partial charge in [-0.3, -0.25) is 9.59 Å². The third-order valence-corrected chi connectivity index (χ3v) is 7.54. The molecule has 0 saturated heterocycles. The first-order chi connectivity index (χ1) is 17.8. The molecular weight excluding hydrogens is 466 g/mol. The summed E-state index contributed by atoms with van der Waals surface area (Å²) in [5.74, 6) is -0.493. The minimum atomic E-state index is -0.654. The van der Waals surface area contributed by atoms with Crippen molar-refractivity contribution in [2.24, 2.45) is 5.73 Å². The van der Waals surface area contributed by atoms with Crippen LogP contribution in [0.3, 0.4) is 0 Å². The lowest BCUT2D eigenvalue weighted by Gasteiger charge is -2.28. The van der Waals surface area contributed by atoms with Gasteiger partial charge < -0.3 is 21.3 Å². The van der Waals surface area contributed by atoms with E-state index in [0.717, 1.165) is 23.0 Å². The molecule has 1 saturated carbocycles. The van der Waals surface area contributed by atoms with Crippen molar-refractivity contribution in [2.45, 2.75) is 24.7 Å². The number of primary amides is 1. The second-order valence-corrected chi connectivity index (χ2v) is 10.3. The Balaban J connectivity index is 1.39. The van der Waals surface area contributed by atoms with Crippen LogP contribution in [0, 0.1) is 0 Å². The molecule has 9 heteroatoms. The SMILES string of the molecule is CN(C)CC1(c2ccc(N3CCc4c(C(N)=O)nn(-c5ccc6ccnc(N)c6c5)c4C3=O)cc2)CC1. The van der Waals surface area contributed by atoms with Gasteiger partial charge in [0.1, 0.15) is 11.5 Å². The number of fused-ring (bicyclic) bond motifs is 2. The number of anilines is 2. The molecule has 0 bridgehead atoms. The van der Waals surface area contributed by atoms with Gasteiger partial charge in [0.25, 0.3) is 11.8 Å². The molecule has 1 fully saturated rings. The van der Waals surface area contributed by atoms with Crippen LogP contribution in [-0.4, -0.2) is 58.7 Å². The van der Waals surface area contributed by atoms with Gasteiger partial charge in [-0.05, 0) is 74.6 Å². The number of carbonyl (C=O) groups excluding carboxylic acids is 2. The Bertz CT molecular complexity index is 1550. The summed E-state index contributed by atoms with van der Waals surface area (Å²) in [6.45, 7) is 1.45. The van der Waals surface area contributed by atoms with E-state index >= 15 is 0 Å². The maximum absolute atomic E-state index is 13.9. The monoisotopic (exact) mass is 495 g/mol. The molecule has 188 valence electrons. The number of pyridine rings is 1. The molecule has 1 aliphatic carbocycles. The molecule has 0 spiro atoms. The molecule has 1 aliphatic heterocycles. The largest absolute Gasteiger partial charge is 0.383 e. The second-order valence-electron chi connectivity index (χ2n) is 10.3. The lowest BCUT2D eigenvalue weighted by atomic mass is 9.95. The zero-order valence-corrected chi connectivity index (χ0v) is 20.9. The summed E-state index contributed by atoms with van der Waals surface area (Å²) in [5.41, 5.74) is 15.8. The Kier molecular flexibility index (Phi) is 5.27. The number of aromatic nitrogens is 3. The third kappa shape index (κ3) is 3.82. The number of nitrogens with two attached hydrogens (primary N) is 2. The first kappa shape index (κ1) is 23.2. The second kappa shape index (κ2) is 8.41. The third-order valence-electron chi connectivity index (χ3n) is 7.54. The van der Waals surface area contributed by atoms with Gasteiger partial charge in [0.15, 0.2) is 5.69 Å². The van der Waals surface area contributed by atoms with Crippen molar-refractivity contribution in [1.82, 2.24) is 19.7 Å². The quantitative estimate of drug-likeness (QED) is 0.424. The van der Waals surface area contributed by atoms with Crippen LogP contribution in [0.5, 0.6) is 0 Å². The molecular formula is C28H29N7O2. The standard InChI is InChI=1S/C28H29N7O2/c1-33(2)16-28(11-12-28)18-4-7-19(8-5-18)34-14-10-21-23(26(30)36)32-35(24(21)27(34)37)20-6-3-17-9-13-31-25(29)22(17)15-20/h3-9,13,15H,10-12,14,16H2,1-2H3,(H2,29,31)(H2,30,36). The molecule has 0 atom stereocenters. The Morgan fingerprint density at radius 3 is 2.49 bits per heavy atom. The van der Waals surface area contributed by atoms with Gasteiger partial charge >= 0.3 is 0 Å². The molecule has 0 radical (unpaired) electrons. The van der Waals surface area contributed by atoms with Gasteiger partial charge in [-0.15, -0.1) is 0 Å². The number of hydrogen-bond donors (Lipinski definition) is 2. The van der Waals surface area contributed by atoms with Gasteiger partial charge in [-0.25, -0.2) is 9.67 Å². The molecule has 9 nitrogen and oxygen atoms in total. The van der Waals surface area contributed by atoms with Crippen molar-refractivity contribution >= 4 is 34.1 Å². The average molecular weight is 496 g/mol. The highest BCUT2D eigenvalue weighted by Gasteiger charge is 2.44. The Labute approximate surface area is 214 Å². The molecule has 0 unspecified atom stereocenters. The molecule has 3 heterocycles. The number of benzene rings is 2. The Hall–Kier alpha value is -4.24. The number of nitrogens with zero attached hydrogens (tertiary/aromatic N) is 5. The molecule has 4 aromatic rings. The predicted octanol–water partition coefficient (Wildman–Crippen LogP) is 2.90. The summed E-state index contributed by atoms with van der Waals surface area (Å²) < 4.78 is 1.51. The van der Waals surface area contributed by atoms with Crippen LogP contribution in [0.2, 0.25) is 0 Å². The molecule has 2 aromatic carbocycles. The summed E-state index contributed by atoms with van der Waals surface area (Å²) >= 11 is 0. The average Bonchev–Trinajstić information content (AvgIpc) is 3.54.